The minimum Gasteiger partial charge on any atom is -0.354 e. The van der Waals surface area contributed by atoms with Crippen LogP contribution in [0.5, 0.6) is 0 Å². The second-order valence-corrected chi connectivity index (χ2v) is 8.71. The van der Waals surface area contributed by atoms with Crippen molar-refractivity contribution in [1.82, 2.24) is 4.98 Å². The number of para-hydroxylation sites is 1. The quantitative estimate of drug-likeness (QED) is 0.288. The van der Waals surface area contributed by atoms with Crippen LogP contribution in [0.1, 0.15) is 0 Å². The topological polar surface area (TPSA) is 15.8 Å². The summed E-state index contributed by atoms with van der Waals surface area (Å²) >= 11 is 0. The molecule has 154 valence electrons. The monoisotopic (exact) mass is 419 g/mol. The van der Waals surface area contributed by atoms with E-state index in [0.29, 0.717) is 0 Å². The van der Waals surface area contributed by atoms with Crippen LogP contribution in [0.2, 0.25) is 0 Å². The predicted octanol–water partition coefficient (Wildman–Crippen LogP) is 8.96. The summed E-state index contributed by atoms with van der Waals surface area (Å²) in [6.07, 6.45) is 0. The Balaban J connectivity index is 1.45. The van der Waals surface area contributed by atoms with E-state index in [1.54, 1.807) is 0 Å². The Bertz CT molecular complexity index is 1810. The molecule has 1 aromatic heterocycles. The first-order chi connectivity index (χ1) is 16.3. The Labute approximate surface area is 191 Å². The molecule has 7 rings (SSSR count). The summed E-state index contributed by atoms with van der Waals surface area (Å²) in [5.41, 5.74) is 7.34. The molecular formula is C32H21N. The maximum Gasteiger partial charge on any atom is 0.0544 e. The molecule has 1 N–H and O–H groups in total. The number of hydrogen-bond acceptors (Lipinski definition) is 0. The second-order valence-electron chi connectivity index (χ2n) is 8.71. The van der Waals surface area contributed by atoms with Crippen LogP contribution in [0.4, 0.5) is 0 Å². The van der Waals surface area contributed by atoms with Crippen molar-refractivity contribution in [3.8, 4) is 22.3 Å². The van der Waals surface area contributed by atoms with Crippen molar-refractivity contribution in [3.05, 3.63) is 121 Å². The molecule has 0 saturated heterocycles. The summed E-state index contributed by atoms with van der Waals surface area (Å²) in [6.45, 7) is 0. The molecule has 0 radical (unpaired) electrons. The van der Waals surface area contributed by atoms with E-state index in [-0.39, 0.29) is 0 Å². The fraction of sp³-hybridized carbons (Fsp3) is 0. The molecule has 0 aliphatic heterocycles. The van der Waals surface area contributed by atoms with E-state index in [1.165, 1.54) is 65.6 Å². The third-order valence-corrected chi connectivity index (χ3v) is 6.77. The smallest absolute Gasteiger partial charge is 0.0544 e. The van der Waals surface area contributed by atoms with E-state index < -0.39 is 0 Å². The van der Waals surface area contributed by atoms with E-state index in [1.807, 2.05) is 0 Å². The van der Waals surface area contributed by atoms with Crippen molar-refractivity contribution in [3.63, 3.8) is 0 Å². The first-order valence-electron chi connectivity index (χ1n) is 11.4. The van der Waals surface area contributed by atoms with Crippen LogP contribution >= 0.6 is 0 Å². The molecule has 0 aliphatic rings. The first-order valence-corrected chi connectivity index (χ1v) is 11.4. The average molecular weight is 420 g/mol. The van der Waals surface area contributed by atoms with Gasteiger partial charge < -0.3 is 4.98 Å². The van der Waals surface area contributed by atoms with E-state index in [4.69, 9.17) is 0 Å². The van der Waals surface area contributed by atoms with Gasteiger partial charge >= 0.3 is 0 Å². The van der Waals surface area contributed by atoms with Crippen molar-refractivity contribution in [1.29, 1.82) is 0 Å². The number of benzene rings is 6. The maximum atomic E-state index is 3.73. The van der Waals surface area contributed by atoms with Crippen LogP contribution in [0.15, 0.2) is 121 Å². The number of nitrogens with one attached hydrogen (secondary N) is 1. The minimum absolute atomic E-state index is 1.18. The molecular weight excluding hydrogens is 398 g/mol. The van der Waals surface area contributed by atoms with Gasteiger partial charge in [0.25, 0.3) is 0 Å². The average Bonchev–Trinajstić information content (AvgIpc) is 3.24. The highest BCUT2D eigenvalue weighted by molar-refractivity contribution is 6.15. The number of H-pyrrole nitrogens is 1. The van der Waals surface area contributed by atoms with Gasteiger partial charge in [0.1, 0.15) is 0 Å². The highest BCUT2D eigenvalue weighted by Crippen LogP contribution is 2.37. The van der Waals surface area contributed by atoms with Crippen LogP contribution < -0.4 is 0 Å². The fourth-order valence-electron chi connectivity index (χ4n) is 5.18. The standard InChI is InChI=1S/C32H21N/c1-2-10-23-20-31-30(19-22(23)9-1)29-17-7-16-28(32(29)33-31)25-13-5-12-24(18-25)27-15-6-11-21-8-3-4-14-26(21)27/h1-20,33H. The maximum absolute atomic E-state index is 3.73. The summed E-state index contributed by atoms with van der Waals surface area (Å²) < 4.78 is 0. The van der Waals surface area contributed by atoms with Crippen molar-refractivity contribution < 1.29 is 0 Å². The molecule has 33 heavy (non-hydrogen) atoms. The molecule has 7 aromatic rings. The minimum atomic E-state index is 1.18. The molecule has 0 spiro atoms. The van der Waals surface area contributed by atoms with Gasteiger partial charge in [-0.25, -0.2) is 0 Å². The second kappa shape index (κ2) is 7.08. The van der Waals surface area contributed by atoms with Gasteiger partial charge in [-0.3, -0.25) is 0 Å². The third kappa shape index (κ3) is 2.86. The molecule has 1 heteroatoms. The number of rotatable bonds is 2. The molecule has 0 bridgehead atoms. The van der Waals surface area contributed by atoms with Gasteiger partial charge in [0.2, 0.25) is 0 Å². The van der Waals surface area contributed by atoms with Crippen LogP contribution in [-0.4, -0.2) is 4.98 Å². The van der Waals surface area contributed by atoms with E-state index in [9.17, 15) is 0 Å². The van der Waals surface area contributed by atoms with Crippen molar-refractivity contribution in [2.45, 2.75) is 0 Å². The lowest BCUT2D eigenvalue weighted by molar-refractivity contribution is 1.54. The summed E-state index contributed by atoms with van der Waals surface area (Å²) in [7, 11) is 0. The summed E-state index contributed by atoms with van der Waals surface area (Å²) in [6, 6.07) is 43.8. The van der Waals surface area contributed by atoms with Gasteiger partial charge in [-0.05, 0) is 56.4 Å². The van der Waals surface area contributed by atoms with E-state index in [2.05, 4.69) is 126 Å². The Morgan fingerprint density at radius 2 is 1.00 bits per heavy atom. The van der Waals surface area contributed by atoms with Crippen molar-refractivity contribution >= 4 is 43.4 Å². The Hall–Kier alpha value is -4.36. The lowest BCUT2D eigenvalue weighted by Gasteiger charge is -2.10. The van der Waals surface area contributed by atoms with Crippen LogP contribution in [0.25, 0.3) is 65.6 Å². The fourth-order valence-corrected chi connectivity index (χ4v) is 5.18. The lowest BCUT2D eigenvalue weighted by Crippen LogP contribution is -1.84. The number of hydrogen-bond donors (Lipinski definition) is 1. The Morgan fingerprint density at radius 3 is 1.88 bits per heavy atom. The highest BCUT2D eigenvalue weighted by Gasteiger charge is 2.12. The summed E-state index contributed by atoms with van der Waals surface area (Å²) in [5, 5.41) is 7.63. The SMILES string of the molecule is c1cc(-c2cccc3ccccc23)cc(-c2cccc3c2[nH]c2cc4ccccc4cc23)c1. The lowest BCUT2D eigenvalue weighted by atomic mass is 9.94. The number of aromatic nitrogens is 1. The number of aromatic amines is 1. The summed E-state index contributed by atoms with van der Waals surface area (Å²) in [5.74, 6) is 0. The normalized spacial score (nSPS) is 11.6. The first kappa shape index (κ1) is 18.2. The largest absolute Gasteiger partial charge is 0.354 e. The third-order valence-electron chi connectivity index (χ3n) is 6.77. The van der Waals surface area contributed by atoms with Gasteiger partial charge in [0.05, 0.1) is 5.52 Å². The van der Waals surface area contributed by atoms with Crippen LogP contribution in [0, 0.1) is 0 Å². The zero-order valence-corrected chi connectivity index (χ0v) is 18.0. The van der Waals surface area contributed by atoms with Gasteiger partial charge in [-0.1, -0.05) is 103 Å². The van der Waals surface area contributed by atoms with Gasteiger partial charge in [-0.15, -0.1) is 0 Å². The summed E-state index contributed by atoms with van der Waals surface area (Å²) in [4.78, 5) is 3.73. The zero-order chi connectivity index (χ0) is 21.8. The van der Waals surface area contributed by atoms with Gasteiger partial charge in [0.15, 0.2) is 0 Å². The molecule has 0 amide bonds. The van der Waals surface area contributed by atoms with Gasteiger partial charge in [0, 0.05) is 21.9 Å². The van der Waals surface area contributed by atoms with Crippen molar-refractivity contribution in [2.24, 2.45) is 0 Å². The molecule has 6 aromatic carbocycles. The number of fused-ring (bicyclic) bond motifs is 5. The van der Waals surface area contributed by atoms with E-state index >= 15 is 0 Å². The zero-order valence-electron chi connectivity index (χ0n) is 18.0. The predicted molar refractivity (Wildman–Crippen MR) is 142 cm³/mol. The molecule has 0 unspecified atom stereocenters. The molecule has 0 aliphatic carbocycles. The van der Waals surface area contributed by atoms with Crippen LogP contribution in [-0.2, 0) is 0 Å². The Morgan fingerprint density at radius 1 is 0.394 bits per heavy atom. The Kier molecular flexibility index (Phi) is 3.91. The van der Waals surface area contributed by atoms with Crippen LogP contribution in [0.3, 0.4) is 0 Å². The van der Waals surface area contributed by atoms with Gasteiger partial charge in [-0.2, -0.15) is 0 Å². The molecule has 0 atom stereocenters. The highest BCUT2D eigenvalue weighted by atomic mass is 14.7. The molecule has 0 fully saturated rings. The molecule has 1 nitrogen and oxygen atoms in total. The van der Waals surface area contributed by atoms with Crippen molar-refractivity contribution in [2.75, 3.05) is 0 Å². The molecule has 0 saturated carbocycles. The molecule has 1 heterocycles. The van der Waals surface area contributed by atoms with E-state index in [0.717, 1.165) is 0 Å².